The maximum atomic E-state index is 12.5. The van der Waals surface area contributed by atoms with Gasteiger partial charge in [0.15, 0.2) is 5.17 Å². The average molecular weight is 388 g/mol. The Morgan fingerprint density at radius 3 is 2.69 bits per heavy atom. The summed E-state index contributed by atoms with van der Waals surface area (Å²) in [4.78, 5) is 29.4. The second-order valence-electron chi connectivity index (χ2n) is 5.62. The molecule has 6 nitrogen and oxygen atoms in total. The molecule has 0 N–H and O–H groups in total. The molecule has 2 aromatic rings. The first-order chi connectivity index (χ1) is 12.4. The molecular weight excluding hydrogens is 374 g/mol. The average Bonchev–Trinajstić information content (AvgIpc) is 2.86. The topological polar surface area (TPSA) is 75.8 Å². The minimum absolute atomic E-state index is 0.0569. The van der Waals surface area contributed by atoms with Crippen LogP contribution in [-0.2, 0) is 4.79 Å². The van der Waals surface area contributed by atoms with Crippen molar-refractivity contribution >= 4 is 51.9 Å². The fraction of sp³-hybridized carbons (Fsp3) is 0.111. The van der Waals surface area contributed by atoms with Gasteiger partial charge < -0.3 is 0 Å². The number of carbonyl (C=O) groups is 1. The van der Waals surface area contributed by atoms with Crippen molar-refractivity contribution in [3.8, 4) is 0 Å². The van der Waals surface area contributed by atoms with Crippen LogP contribution in [0, 0.1) is 17.0 Å². The van der Waals surface area contributed by atoms with E-state index in [1.165, 1.54) is 28.8 Å². The van der Waals surface area contributed by atoms with E-state index in [-0.39, 0.29) is 16.6 Å². The van der Waals surface area contributed by atoms with Gasteiger partial charge in [-0.2, -0.15) is 0 Å². The molecule has 1 heterocycles. The van der Waals surface area contributed by atoms with Crippen LogP contribution in [0.4, 0.5) is 11.4 Å². The van der Waals surface area contributed by atoms with Crippen LogP contribution in [0.1, 0.15) is 11.1 Å². The van der Waals surface area contributed by atoms with Crippen LogP contribution in [0.5, 0.6) is 0 Å². The Hall–Kier alpha value is -2.64. The first kappa shape index (κ1) is 18.2. The standard InChI is InChI=1S/C18H14ClN3O3S/c1-11-5-3-4-6-14(11)20-18-21(2)17(23)16(26-18)10-12-7-8-13(19)15(9-12)22(24)25/h3-10H,1-2H3/b16-10+,20-18?. The minimum atomic E-state index is -0.550. The normalized spacial score (nSPS) is 17.3. The molecule has 132 valence electrons. The fourth-order valence-corrected chi connectivity index (χ4v) is 3.52. The van der Waals surface area contributed by atoms with Crippen LogP contribution in [0.15, 0.2) is 52.4 Å². The Balaban J connectivity index is 1.94. The van der Waals surface area contributed by atoms with Crippen molar-refractivity contribution in [2.45, 2.75) is 6.92 Å². The Morgan fingerprint density at radius 2 is 2.00 bits per heavy atom. The number of rotatable bonds is 3. The molecule has 1 aliphatic heterocycles. The summed E-state index contributed by atoms with van der Waals surface area (Å²) in [5, 5.41) is 11.6. The van der Waals surface area contributed by atoms with Crippen molar-refractivity contribution in [3.63, 3.8) is 0 Å². The summed E-state index contributed by atoms with van der Waals surface area (Å²) in [6.07, 6.45) is 1.60. The first-order valence-electron chi connectivity index (χ1n) is 7.62. The van der Waals surface area contributed by atoms with Crippen LogP contribution < -0.4 is 0 Å². The Morgan fingerprint density at radius 1 is 1.27 bits per heavy atom. The van der Waals surface area contributed by atoms with Crippen molar-refractivity contribution < 1.29 is 9.72 Å². The molecule has 0 unspecified atom stereocenters. The monoisotopic (exact) mass is 387 g/mol. The van der Waals surface area contributed by atoms with E-state index in [4.69, 9.17) is 11.6 Å². The second-order valence-corrected chi connectivity index (χ2v) is 7.04. The zero-order chi connectivity index (χ0) is 18.8. The van der Waals surface area contributed by atoms with Crippen molar-refractivity contribution in [1.82, 2.24) is 4.90 Å². The highest BCUT2D eigenvalue weighted by Crippen LogP contribution is 2.34. The van der Waals surface area contributed by atoms with E-state index in [1.54, 1.807) is 19.2 Å². The maximum Gasteiger partial charge on any atom is 0.288 e. The molecule has 1 amide bonds. The molecule has 3 rings (SSSR count). The largest absolute Gasteiger partial charge is 0.290 e. The van der Waals surface area contributed by atoms with E-state index in [1.807, 2.05) is 31.2 Å². The minimum Gasteiger partial charge on any atom is -0.290 e. The van der Waals surface area contributed by atoms with Gasteiger partial charge in [-0.3, -0.25) is 19.8 Å². The molecule has 1 aliphatic rings. The number of halogens is 1. The molecule has 1 saturated heterocycles. The summed E-state index contributed by atoms with van der Waals surface area (Å²) in [6.45, 7) is 1.95. The van der Waals surface area contributed by atoms with Gasteiger partial charge in [0.25, 0.3) is 11.6 Å². The molecule has 26 heavy (non-hydrogen) atoms. The zero-order valence-corrected chi connectivity index (χ0v) is 15.5. The van der Waals surface area contributed by atoms with Crippen LogP contribution in [0.3, 0.4) is 0 Å². The Labute approximate surface area is 159 Å². The van der Waals surface area contributed by atoms with E-state index < -0.39 is 4.92 Å². The van der Waals surface area contributed by atoms with Gasteiger partial charge in [0, 0.05) is 13.1 Å². The maximum absolute atomic E-state index is 12.5. The highest BCUT2D eigenvalue weighted by atomic mass is 35.5. The summed E-state index contributed by atoms with van der Waals surface area (Å²) >= 11 is 7.05. The van der Waals surface area contributed by atoms with Crippen LogP contribution in [-0.4, -0.2) is 27.9 Å². The predicted molar refractivity (Wildman–Crippen MR) is 105 cm³/mol. The lowest BCUT2D eigenvalue weighted by Gasteiger charge is -2.08. The number of amidine groups is 1. The number of likely N-dealkylation sites (N-methyl/N-ethyl adjacent to an activating group) is 1. The number of aliphatic imine (C=N–C) groups is 1. The SMILES string of the molecule is Cc1ccccc1N=C1S/C(=C/c2ccc(Cl)c([N+](=O)[O-])c2)C(=O)N1C. The molecule has 2 aromatic carbocycles. The third-order valence-electron chi connectivity index (χ3n) is 3.80. The molecule has 0 saturated carbocycles. The summed E-state index contributed by atoms with van der Waals surface area (Å²) in [5.41, 5.74) is 2.13. The summed E-state index contributed by atoms with van der Waals surface area (Å²) in [5.74, 6) is -0.208. The van der Waals surface area contributed by atoms with Gasteiger partial charge in [0.1, 0.15) is 5.02 Å². The number of para-hydroxylation sites is 1. The Bertz CT molecular complexity index is 972. The number of amides is 1. The van der Waals surface area contributed by atoms with Gasteiger partial charge >= 0.3 is 0 Å². The van der Waals surface area contributed by atoms with Crippen LogP contribution >= 0.6 is 23.4 Å². The fourth-order valence-electron chi connectivity index (χ4n) is 2.35. The highest BCUT2D eigenvalue weighted by Gasteiger charge is 2.30. The lowest BCUT2D eigenvalue weighted by molar-refractivity contribution is -0.384. The predicted octanol–water partition coefficient (Wildman–Crippen LogP) is 4.79. The van der Waals surface area contributed by atoms with E-state index in [2.05, 4.69) is 4.99 Å². The number of nitro groups is 1. The van der Waals surface area contributed by atoms with Gasteiger partial charge in [0.2, 0.25) is 0 Å². The van der Waals surface area contributed by atoms with Gasteiger partial charge in [-0.25, -0.2) is 4.99 Å². The lowest BCUT2D eigenvalue weighted by Crippen LogP contribution is -2.23. The molecule has 1 fully saturated rings. The number of nitro benzene ring substituents is 1. The van der Waals surface area contributed by atoms with Gasteiger partial charge in [-0.15, -0.1) is 0 Å². The summed E-state index contributed by atoms with van der Waals surface area (Å²) in [7, 11) is 1.65. The van der Waals surface area contributed by atoms with E-state index in [0.717, 1.165) is 11.3 Å². The number of aryl methyl sites for hydroxylation is 1. The quantitative estimate of drug-likeness (QED) is 0.431. The third-order valence-corrected chi connectivity index (χ3v) is 5.18. The van der Waals surface area contributed by atoms with Crippen molar-refractivity contribution in [2.75, 3.05) is 7.05 Å². The molecule has 0 atom stereocenters. The van der Waals surface area contributed by atoms with Gasteiger partial charge in [-0.1, -0.05) is 35.9 Å². The van der Waals surface area contributed by atoms with E-state index in [0.29, 0.717) is 15.6 Å². The second kappa shape index (κ2) is 7.31. The van der Waals surface area contributed by atoms with Crippen molar-refractivity contribution in [3.05, 3.63) is 73.6 Å². The number of hydrogen-bond donors (Lipinski definition) is 0. The Kier molecular flexibility index (Phi) is 5.11. The van der Waals surface area contributed by atoms with E-state index >= 15 is 0 Å². The molecule has 0 radical (unpaired) electrons. The first-order valence-corrected chi connectivity index (χ1v) is 8.82. The smallest absolute Gasteiger partial charge is 0.288 e. The van der Waals surface area contributed by atoms with Crippen molar-refractivity contribution in [1.29, 1.82) is 0 Å². The number of carbonyl (C=O) groups excluding carboxylic acids is 1. The molecular formula is C18H14ClN3O3S. The lowest BCUT2D eigenvalue weighted by atomic mass is 10.2. The molecule has 0 aromatic heterocycles. The van der Waals surface area contributed by atoms with Crippen molar-refractivity contribution in [2.24, 2.45) is 4.99 Å². The van der Waals surface area contributed by atoms with E-state index in [9.17, 15) is 14.9 Å². The number of hydrogen-bond acceptors (Lipinski definition) is 5. The van der Waals surface area contributed by atoms with Gasteiger partial charge in [0.05, 0.1) is 15.5 Å². The molecule has 0 aliphatic carbocycles. The molecule has 0 bridgehead atoms. The number of nitrogens with zero attached hydrogens (tertiary/aromatic N) is 3. The summed E-state index contributed by atoms with van der Waals surface area (Å²) < 4.78 is 0. The third kappa shape index (κ3) is 3.63. The van der Waals surface area contributed by atoms with Crippen LogP contribution in [0.25, 0.3) is 6.08 Å². The number of benzene rings is 2. The highest BCUT2D eigenvalue weighted by molar-refractivity contribution is 8.18. The summed E-state index contributed by atoms with van der Waals surface area (Å²) in [6, 6.07) is 12.1. The molecule has 0 spiro atoms. The molecule has 8 heteroatoms. The zero-order valence-electron chi connectivity index (χ0n) is 14.0. The number of thioether (sulfide) groups is 1. The van der Waals surface area contributed by atoms with Crippen LogP contribution in [0.2, 0.25) is 5.02 Å². The van der Waals surface area contributed by atoms with Gasteiger partial charge in [-0.05, 0) is 48.0 Å².